The number of hydrogen-bond donors (Lipinski definition) is 3. The highest BCUT2D eigenvalue weighted by molar-refractivity contribution is 6.00. The highest BCUT2D eigenvalue weighted by Gasteiger charge is 2.40. The summed E-state index contributed by atoms with van der Waals surface area (Å²) in [6.45, 7) is 1.66. The molecule has 2 aromatic carbocycles. The molecular weight excluding hydrogens is 503 g/mol. The lowest BCUT2D eigenvalue weighted by Gasteiger charge is -2.14. The first-order valence-electron chi connectivity index (χ1n) is 11.2. The van der Waals surface area contributed by atoms with Crippen molar-refractivity contribution in [3.05, 3.63) is 89.6 Å². The SMILES string of the molecule is COc1cc(CNC(=O)c2cnn(-c3ccccc3)c2C(F)(F)F)ccc1NC(=O)Nc1cnc(C)cn1. The zero-order valence-electron chi connectivity index (χ0n) is 20.2. The Bertz CT molecular complexity index is 1440. The maximum absolute atomic E-state index is 13.8. The van der Waals surface area contributed by atoms with Gasteiger partial charge in [-0.2, -0.15) is 18.3 Å². The van der Waals surface area contributed by atoms with Crippen LogP contribution in [-0.4, -0.2) is 38.8 Å². The molecule has 0 fully saturated rings. The van der Waals surface area contributed by atoms with Crippen LogP contribution in [0.5, 0.6) is 5.75 Å². The second-order valence-electron chi connectivity index (χ2n) is 7.99. The minimum absolute atomic E-state index is 0.103. The normalized spacial score (nSPS) is 11.1. The Morgan fingerprint density at radius 2 is 1.76 bits per heavy atom. The smallest absolute Gasteiger partial charge is 0.434 e. The Morgan fingerprint density at radius 1 is 1.00 bits per heavy atom. The van der Waals surface area contributed by atoms with Crippen molar-refractivity contribution in [3.63, 3.8) is 0 Å². The summed E-state index contributed by atoms with van der Waals surface area (Å²) in [4.78, 5) is 33.1. The third-order valence-electron chi connectivity index (χ3n) is 5.27. The molecule has 0 aliphatic carbocycles. The first kappa shape index (κ1) is 26.1. The van der Waals surface area contributed by atoms with Gasteiger partial charge in [0, 0.05) is 6.54 Å². The van der Waals surface area contributed by atoms with Crippen LogP contribution >= 0.6 is 0 Å². The lowest BCUT2D eigenvalue weighted by Crippen LogP contribution is -2.26. The van der Waals surface area contributed by atoms with Crippen molar-refractivity contribution in [1.29, 1.82) is 0 Å². The van der Waals surface area contributed by atoms with Crippen molar-refractivity contribution in [1.82, 2.24) is 25.1 Å². The molecular formula is C25H22F3N7O3. The number of alkyl halides is 3. The van der Waals surface area contributed by atoms with Crippen molar-refractivity contribution in [3.8, 4) is 11.4 Å². The third kappa shape index (κ3) is 6.06. The van der Waals surface area contributed by atoms with Crippen LogP contribution in [-0.2, 0) is 12.7 Å². The van der Waals surface area contributed by atoms with E-state index in [-0.39, 0.29) is 23.8 Å². The minimum atomic E-state index is -4.82. The number of benzene rings is 2. The number of rotatable bonds is 7. The lowest BCUT2D eigenvalue weighted by molar-refractivity contribution is -0.143. The van der Waals surface area contributed by atoms with Gasteiger partial charge in [0.1, 0.15) is 5.75 Å². The van der Waals surface area contributed by atoms with Gasteiger partial charge in [-0.1, -0.05) is 24.3 Å². The number of anilines is 2. The highest BCUT2D eigenvalue weighted by atomic mass is 19.4. The van der Waals surface area contributed by atoms with Crippen molar-refractivity contribution in [2.75, 3.05) is 17.7 Å². The number of nitrogens with one attached hydrogen (secondary N) is 3. The first-order chi connectivity index (χ1) is 18.2. The van der Waals surface area contributed by atoms with Gasteiger partial charge in [-0.3, -0.25) is 15.1 Å². The Kier molecular flexibility index (Phi) is 7.55. The summed E-state index contributed by atoms with van der Waals surface area (Å²) >= 11 is 0. The van der Waals surface area contributed by atoms with Crippen LogP contribution in [0, 0.1) is 6.92 Å². The average molecular weight is 525 g/mol. The van der Waals surface area contributed by atoms with E-state index in [0.717, 1.165) is 6.20 Å². The molecule has 0 saturated carbocycles. The molecule has 0 aliphatic heterocycles. The molecule has 10 nitrogen and oxygen atoms in total. The molecule has 0 atom stereocenters. The summed E-state index contributed by atoms with van der Waals surface area (Å²) in [6, 6.07) is 11.8. The van der Waals surface area contributed by atoms with Crippen LogP contribution in [0.15, 0.2) is 67.1 Å². The number of ether oxygens (including phenoxy) is 1. The standard InChI is InChI=1S/C25H22F3N7O3/c1-15-11-30-21(14-29-15)34-24(37)33-19-9-8-16(10-20(19)38-2)12-31-23(36)18-13-32-35(22(18)25(26,27)28)17-6-4-3-5-7-17/h3-11,13-14H,12H2,1-2H3,(H,31,36)(H2,30,33,34,37). The minimum Gasteiger partial charge on any atom is -0.495 e. The van der Waals surface area contributed by atoms with Crippen LogP contribution in [0.3, 0.4) is 0 Å². The summed E-state index contributed by atoms with van der Waals surface area (Å²) in [6.07, 6.45) is -1.02. The van der Waals surface area contributed by atoms with E-state index < -0.39 is 29.4 Å². The summed E-state index contributed by atoms with van der Waals surface area (Å²) in [5.74, 6) is -0.422. The van der Waals surface area contributed by atoms with Gasteiger partial charge >= 0.3 is 12.2 Å². The number of aromatic nitrogens is 4. The molecule has 2 heterocycles. The molecule has 2 aromatic heterocycles. The van der Waals surface area contributed by atoms with Crippen molar-refractivity contribution >= 4 is 23.4 Å². The number of amides is 3. The van der Waals surface area contributed by atoms with E-state index in [1.807, 2.05) is 0 Å². The zero-order valence-corrected chi connectivity index (χ0v) is 20.2. The number of hydrogen-bond acceptors (Lipinski definition) is 6. The Balaban J connectivity index is 1.45. The van der Waals surface area contributed by atoms with E-state index >= 15 is 0 Å². The van der Waals surface area contributed by atoms with E-state index in [9.17, 15) is 22.8 Å². The molecule has 3 N–H and O–H groups in total. The third-order valence-corrected chi connectivity index (χ3v) is 5.27. The van der Waals surface area contributed by atoms with Gasteiger partial charge < -0.3 is 15.4 Å². The topological polar surface area (TPSA) is 123 Å². The maximum Gasteiger partial charge on any atom is 0.434 e. The average Bonchev–Trinajstić information content (AvgIpc) is 3.36. The van der Waals surface area contributed by atoms with Crippen molar-refractivity contribution in [2.45, 2.75) is 19.6 Å². The molecule has 196 valence electrons. The van der Waals surface area contributed by atoms with Crippen molar-refractivity contribution in [2.24, 2.45) is 0 Å². The summed E-state index contributed by atoms with van der Waals surface area (Å²) < 4.78 is 47.6. The number of para-hydroxylation sites is 1. The number of halogens is 3. The number of nitrogens with zero attached hydrogens (tertiary/aromatic N) is 4. The molecule has 13 heteroatoms. The molecule has 4 rings (SSSR count). The van der Waals surface area contributed by atoms with E-state index in [1.165, 1.54) is 37.7 Å². The summed E-state index contributed by atoms with van der Waals surface area (Å²) in [5, 5.41) is 11.4. The van der Waals surface area contributed by atoms with Crippen molar-refractivity contribution < 1.29 is 27.5 Å². The number of methoxy groups -OCH3 is 1. The fourth-order valence-electron chi connectivity index (χ4n) is 3.51. The van der Waals surface area contributed by atoms with Crippen LogP contribution < -0.4 is 20.7 Å². The van der Waals surface area contributed by atoms with E-state index in [1.54, 1.807) is 37.3 Å². The number of aryl methyl sites for hydroxylation is 1. The fraction of sp³-hybridized carbons (Fsp3) is 0.160. The first-order valence-corrected chi connectivity index (χ1v) is 11.2. The predicted octanol–water partition coefficient (Wildman–Crippen LogP) is 4.57. The van der Waals surface area contributed by atoms with Gasteiger partial charge in [0.05, 0.1) is 48.3 Å². The molecule has 0 aliphatic rings. The van der Waals surface area contributed by atoms with Crippen LogP contribution in [0.1, 0.15) is 27.3 Å². The van der Waals surface area contributed by atoms with E-state index in [2.05, 4.69) is 31.0 Å². The van der Waals surface area contributed by atoms with Gasteiger partial charge in [0.25, 0.3) is 5.91 Å². The molecule has 0 bridgehead atoms. The number of urea groups is 1. The molecule has 0 radical (unpaired) electrons. The van der Waals surface area contributed by atoms with Crippen LogP contribution in [0.25, 0.3) is 5.69 Å². The zero-order chi connectivity index (χ0) is 27.3. The molecule has 3 amide bonds. The fourth-order valence-corrected chi connectivity index (χ4v) is 3.51. The molecule has 0 saturated heterocycles. The number of carbonyl (C=O) groups excluding carboxylic acids is 2. The van der Waals surface area contributed by atoms with Gasteiger partial charge in [-0.15, -0.1) is 0 Å². The van der Waals surface area contributed by atoms with Crippen LogP contribution in [0.4, 0.5) is 29.5 Å². The maximum atomic E-state index is 13.8. The van der Waals surface area contributed by atoms with Gasteiger partial charge in [0.15, 0.2) is 11.5 Å². The summed E-state index contributed by atoms with van der Waals surface area (Å²) in [5.41, 5.74) is -0.0755. The number of carbonyl (C=O) groups is 2. The Hall–Kier alpha value is -4.94. The molecule has 0 unspecified atom stereocenters. The second-order valence-corrected chi connectivity index (χ2v) is 7.99. The van der Waals surface area contributed by atoms with E-state index in [4.69, 9.17) is 4.74 Å². The monoisotopic (exact) mass is 525 g/mol. The molecule has 38 heavy (non-hydrogen) atoms. The largest absolute Gasteiger partial charge is 0.495 e. The molecule has 0 spiro atoms. The quantitative estimate of drug-likeness (QED) is 0.325. The predicted molar refractivity (Wildman–Crippen MR) is 132 cm³/mol. The highest BCUT2D eigenvalue weighted by Crippen LogP contribution is 2.33. The van der Waals surface area contributed by atoms with Gasteiger partial charge in [-0.25, -0.2) is 14.5 Å². The van der Waals surface area contributed by atoms with E-state index in [0.29, 0.717) is 21.6 Å². The second kappa shape index (κ2) is 11.0. The van der Waals surface area contributed by atoms with Crippen LogP contribution in [0.2, 0.25) is 0 Å². The summed E-state index contributed by atoms with van der Waals surface area (Å²) in [7, 11) is 1.39. The lowest BCUT2D eigenvalue weighted by atomic mass is 10.1. The Morgan fingerprint density at radius 3 is 2.42 bits per heavy atom. The molecule has 4 aromatic rings. The Labute approximate surface area is 214 Å². The van der Waals surface area contributed by atoms with Gasteiger partial charge in [-0.05, 0) is 36.8 Å². The van der Waals surface area contributed by atoms with Gasteiger partial charge in [0.2, 0.25) is 0 Å².